The van der Waals surface area contributed by atoms with Gasteiger partial charge >= 0.3 is 0 Å². The van der Waals surface area contributed by atoms with E-state index in [0.717, 1.165) is 49.8 Å². The standard InChI is InChI=1S/C23H34N4O.C8H5NO/c1-15-19(24-4)13-25-21-20(15)18(14-26(21)5)17-10-11-27(23(2,3)12-17)22(28)16-8-6-7-9-16;9-5-7-2-1-3-8(4-7)6-10/h13-14,16-17,24H,6-12H2,1-5H3;1-4,6H. The normalized spacial score (nSPS) is 18.9. The Morgan fingerprint density at radius 1 is 1.24 bits per heavy atom. The molecule has 0 radical (unpaired) electrons. The molecule has 2 fully saturated rings. The predicted octanol–water partition coefficient (Wildman–Crippen LogP) is 5.97. The molecular formula is C31H39N5O2. The molecule has 0 spiro atoms. The molecule has 5 rings (SSSR count). The van der Waals surface area contributed by atoms with Gasteiger partial charge in [0.1, 0.15) is 11.9 Å². The van der Waals surface area contributed by atoms with Gasteiger partial charge in [0.25, 0.3) is 0 Å². The van der Waals surface area contributed by atoms with Gasteiger partial charge in [0.05, 0.1) is 23.5 Å². The molecule has 7 heteroatoms. The number of piperidine rings is 1. The van der Waals surface area contributed by atoms with Crippen LogP contribution in [0.25, 0.3) is 11.0 Å². The monoisotopic (exact) mass is 513 g/mol. The van der Waals surface area contributed by atoms with Crippen molar-refractivity contribution < 1.29 is 9.59 Å². The minimum Gasteiger partial charge on any atom is -0.387 e. The number of nitrogens with zero attached hydrogens (tertiary/aromatic N) is 4. The summed E-state index contributed by atoms with van der Waals surface area (Å²) in [5.41, 5.74) is 5.75. The molecule has 2 aliphatic rings. The number of likely N-dealkylation sites (tertiary alicyclic amines) is 1. The van der Waals surface area contributed by atoms with Crippen molar-refractivity contribution in [3.63, 3.8) is 0 Å². The fourth-order valence-corrected chi connectivity index (χ4v) is 6.25. The van der Waals surface area contributed by atoms with Crippen LogP contribution in [0.1, 0.15) is 85.3 Å². The summed E-state index contributed by atoms with van der Waals surface area (Å²) in [6, 6.07) is 8.49. The first-order valence-electron chi connectivity index (χ1n) is 13.6. The predicted molar refractivity (Wildman–Crippen MR) is 151 cm³/mol. The van der Waals surface area contributed by atoms with Crippen molar-refractivity contribution in [2.24, 2.45) is 13.0 Å². The lowest BCUT2D eigenvalue weighted by atomic mass is 9.78. The Morgan fingerprint density at radius 3 is 2.61 bits per heavy atom. The molecule has 1 saturated heterocycles. The van der Waals surface area contributed by atoms with Crippen molar-refractivity contribution in [2.75, 3.05) is 18.9 Å². The zero-order valence-corrected chi connectivity index (χ0v) is 23.3. The van der Waals surface area contributed by atoms with E-state index in [-0.39, 0.29) is 11.5 Å². The number of nitriles is 1. The Morgan fingerprint density at radius 2 is 1.97 bits per heavy atom. The van der Waals surface area contributed by atoms with E-state index in [9.17, 15) is 9.59 Å². The first kappa shape index (κ1) is 27.4. The number of nitrogens with one attached hydrogen (secondary N) is 1. The van der Waals surface area contributed by atoms with Gasteiger partial charge in [-0.2, -0.15) is 5.26 Å². The number of hydrogen-bond acceptors (Lipinski definition) is 5. The summed E-state index contributed by atoms with van der Waals surface area (Å²) in [4.78, 5) is 30.2. The van der Waals surface area contributed by atoms with E-state index in [0.29, 0.717) is 23.0 Å². The highest BCUT2D eigenvalue weighted by atomic mass is 16.2. The summed E-state index contributed by atoms with van der Waals surface area (Å²) in [5, 5.41) is 12.9. The summed E-state index contributed by atoms with van der Waals surface area (Å²) in [6.45, 7) is 7.55. The molecule has 1 atom stereocenters. The third-order valence-corrected chi connectivity index (χ3v) is 8.28. The maximum absolute atomic E-state index is 13.1. The molecule has 7 nitrogen and oxygen atoms in total. The molecule has 1 amide bonds. The molecule has 1 N–H and O–H groups in total. The Bertz CT molecular complexity index is 1360. The number of pyridine rings is 1. The van der Waals surface area contributed by atoms with Crippen LogP contribution in [0.4, 0.5) is 5.69 Å². The van der Waals surface area contributed by atoms with Crippen LogP contribution in [0.5, 0.6) is 0 Å². The lowest BCUT2D eigenvalue weighted by Crippen LogP contribution is -2.53. The molecule has 1 unspecified atom stereocenters. The number of aromatic nitrogens is 2. The maximum Gasteiger partial charge on any atom is 0.226 e. The van der Waals surface area contributed by atoms with Gasteiger partial charge in [0.2, 0.25) is 5.91 Å². The summed E-state index contributed by atoms with van der Waals surface area (Å²) in [6.07, 6.45) is 11.5. The first-order chi connectivity index (χ1) is 18.2. The quantitative estimate of drug-likeness (QED) is 0.434. The van der Waals surface area contributed by atoms with Crippen molar-refractivity contribution in [1.29, 1.82) is 5.26 Å². The number of aldehydes is 1. The first-order valence-corrected chi connectivity index (χ1v) is 13.6. The van der Waals surface area contributed by atoms with Crippen LogP contribution in [-0.4, -0.2) is 45.8 Å². The molecule has 38 heavy (non-hydrogen) atoms. The molecule has 0 bridgehead atoms. The van der Waals surface area contributed by atoms with E-state index in [1.54, 1.807) is 24.3 Å². The molecule has 1 aliphatic heterocycles. The number of amides is 1. The highest BCUT2D eigenvalue weighted by molar-refractivity contribution is 5.88. The van der Waals surface area contributed by atoms with Gasteiger partial charge in [-0.25, -0.2) is 4.98 Å². The van der Waals surface area contributed by atoms with E-state index in [1.807, 2.05) is 19.3 Å². The molecule has 1 saturated carbocycles. The average Bonchev–Trinajstić information content (AvgIpc) is 3.57. The van der Waals surface area contributed by atoms with Crippen LogP contribution >= 0.6 is 0 Å². The molecule has 3 aromatic rings. The van der Waals surface area contributed by atoms with Crippen molar-refractivity contribution in [3.8, 4) is 6.07 Å². The lowest BCUT2D eigenvalue weighted by Gasteiger charge is -2.46. The molecule has 1 aliphatic carbocycles. The summed E-state index contributed by atoms with van der Waals surface area (Å²) >= 11 is 0. The minimum atomic E-state index is -0.104. The second-order valence-electron chi connectivity index (χ2n) is 11.3. The van der Waals surface area contributed by atoms with Gasteiger partial charge in [0.15, 0.2) is 0 Å². The fraction of sp³-hybridized carbons (Fsp3) is 0.484. The van der Waals surface area contributed by atoms with Crippen molar-refractivity contribution >= 4 is 28.9 Å². The van der Waals surface area contributed by atoms with E-state index in [4.69, 9.17) is 10.2 Å². The number of rotatable bonds is 4. The zero-order valence-electron chi connectivity index (χ0n) is 23.3. The Labute approximate surface area is 225 Å². The fourth-order valence-electron chi connectivity index (χ4n) is 6.25. The SMILES string of the molecule is CNc1cnc2c(c(C3CCN(C(=O)C4CCCC4)C(C)(C)C3)cn2C)c1C.N#Cc1cccc(C=O)c1. The smallest absolute Gasteiger partial charge is 0.226 e. The highest BCUT2D eigenvalue weighted by Crippen LogP contribution is 2.43. The van der Waals surface area contributed by atoms with E-state index < -0.39 is 0 Å². The third-order valence-electron chi connectivity index (χ3n) is 8.28. The number of carbonyl (C=O) groups is 2. The maximum atomic E-state index is 13.1. The zero-order chi connectivity index (χ0) is 27.4. The number of carbonyl (C=O) groups excluding carboxylic acids is 2. The van der Waals surface area contributed by atoms with Gasteiger partial charge in [-0.15, -0.1) is 0 Å². The Hall–Kier alpha value is -3.66. The van der Waals surface area contributed by atoms with Crippen molar-refractivity contribution in [2.45, 2.75) is 70.8 Å². The summed E-state index contributed by atoms with van der Waals surface area (Å²) < 4.78 is 2.15. The van der Waals surface area contributed by atoms with Crippen molar-refractivity contribution in [3.05, 3.63) is 58.9 Å². The van der Waals surface area contributed by atoms with E-state index >= 15 is 0 Å². The summed E-state index contributed by atoms with van der Waals surface area (Å²) in [7, 11) is 4.04. The molecule has 200 valence electrons. The van der Waals surface area contributed by atoms with Crippen LogP contribution in [0, 0.1) is 24.2 Å². The number of hydrogen-bond donors (Lipinski definition) is 1. The van der Waals surface area contributed by atoms with Gasteiger partial charge < -0.3 is 14.8 Å². The van der Waals surface area contributed by atoms with E-state index in [2.05, 4.69) is 48.8 Å². The number of aryl methyl sites for hydroxylation is 2. The number of anilines is 1. The average molecular weight is 514 g/mol. The topological polar surface area (TPSA) is 91.0 Å². The van der Waals surface area contributed by atoms with Crippen LogP contribution in [0.3, 0.4) is 0 Å². The molecular weight excluding hydrogens is 474 g/mol. The third kappa shape index (κ3) is 5.45. The Kier molecular flexibility index (Phi) is 8.20. The Balaban J connectivity index is 0.000000283. The van der Waals surface area contributed by atoms with Crippen LogP contribution in [-0.2, 0) is 11.8 Å². The summed E-state index contributed by atoms with van der Waals surface area (Å²) in [5.74, 6) is 1.12. The van der Waals surface area contributed by atoms with Crippen LogP contribution in [0.2, 0.25) is 0 Å². The van der Waals surface area contributed by atoms with Crippen LogP contribution in [0.15, 0.2) is 36.7 Å². The van der Waals surface area contributed by atoms with Gasteiger partial charge in [-0.3, -0.25) is 9.59 Å². The molecule has 1 aromatic carbocycles. The van der Waals surface area contributed by atoms with Gasteiger partial charge in [0, 0.05) is 49.2 Å². The van der Waals surface area contributed by atoms with Crippen molar-refractivity contribution in [1.82, 2.24) is 14.5 Å². The van der Waals surface area contributed by atoms with Gasteiger partial charge in [-0.1, -0.05) is 25.0 Å². The second-order valence-corrected chi connectivity index (χ2v) is 11.3. The van der Waals surface area contributed by atoms with Crippen LogP contribution < -0.4 is 5.32 Å². The number of fused-ring (bicyclic) bond motifs is 1. The lowest BCUT2D eigenvalue weighted by molar-refractivity contribution is -0.143. The second kappa shape index (κ2) is 11.4. The number of benzene rings is 1. The largest absolute Gasteiger partial charge is 0.387 e. The highest BCUT2D eigenvalue weighted by Gasteiger charge is 2.41. The molecule has 3 heterocycles. The molecule has 2 aromatic heterocycles. The van der Waals surface area contributed by atoms with Gasteiger partial charge in [-0.05, 0) is 75.6 Å². The van der Waals surface area contributed by atoms with E-state index in [1.165, 1.54) is 29.4 Å². The minimum absolute atomic E-state index is 0.104.